The zero-order valence-corrected chi connectivity index (χ0v) is 11.8. The summed E-state index contributed by atoms with van der Waals surface area (Å²) in [5.74, 6) is 1.80. The molecule has 0 radical (unpaired) electrons. The largest absolute Gasteiger partial charge is 0.311 e. The molecule has 96 valence electrons. The van der Waals surface area contributed by atoms with E-state index in [9.17, 15) is 4.21 Å². The summed E-state index contributed by atoms with van der Waals surface area (Å²) in [7, 11) is -0.640. The third kappa shape index (κ3) is 5.44. The molecule has 2 unspecified atom stereocenters. The van der Waals surface area contributed by atoms with Crippen molar-refractivity contribution in [2.24, 2.45) is 5.92 Å². The van der Waals surface area contributed by atoms with Crippen LogP contribution in [0.15, 0.2) is 0 Å². The van der Waals surface area contributed by atoms with E-state index in [2.05, 4.69) is 19.2 Å². The van der Waals surface area contributed by atoms with Crippen molar-refractivity contribution in [1.29, 1.82) is 0 Å². The summed E-state index contributed by atoms with van der Waals surface area (Å²) >= 11 is 0. The van der Waals surface area contributed by atoms with Gasteiger partial charge in [-0.15, -0.1) is 0 Å². The van der Waals surface area contributed by atoms with Crippen molar-refractivity contribution in [2.75, 3.05) is 12.0 Å². The molecule has 0 heterocycles. The molecule has 3 heteroatoms. The third-order valence-electron chi connectivity index (χ3n) is 3.78. The monoisotopic (exact) mass is 245 g/mol. The molecule has 0 bridgehead atoms. The van der Waals surface area contributed by atoms with Crippen LogP contribution in [0.2, 0.25) is 0 Å². The molecule has 0 aromatic heterocycles. The molecule has 16 heavy (non-hydrogen) atoms. The normalized spacial score (nSPS) is 29.9. The van der Waals surface area contributed by atoms with Crippen molar-refractivity contribution in [2.45, 2.75) is 64.5 Å². The zero-order valence-electron chi connectivity index (χ0n) is 11.0. The van der Waals surface area contributed by atoms with Gasteiger partial charge in [0.2, 0.25) is 0 Å². The maximum Gasteiger partial charge on any atom is 0.0246 e. The predicted molar refractivity (Wildman–Crippen MR) is 72.2 cm³/mol. The molecule has 0 saturated heterocycles. The molecule has 2 atom stereocenters. The predicted octanol–water partition coefficient (Wildman–Crippen LogP) is 2.70. The molecule has 0 aliphatic heterocycles. The van der Waals surface area contributed by atoms with Crippen LogP contribution in [0.5, 0.6) is 0 Å². The van der Waals surface area contributed by atoms with E-state index in [1.165, 1.54) is 32.1 Å². The summed E-state index contributed by atoms with van der Waals surface area (Å²) in [4.78, 5) is 0. The summed E-state index contributed by atoms with van der Waals surface area (Å²) in [5, 5.41) is 3.68. The fourth-order valence-electron chi connectivity index (χ4n) is 2.57. The molecule has 0 amide bonds. The minimum atomic E-state index is -0.640. The van der Waals surface area contributed by atoms with Crippen LogP contribution in [-0.2, 0) is 10.8 Å². The first-order valence-electron chi connectivity index (χ1n) is 6.67. The van der Waals surface area contributed by atoms with Crippen LogP contribution in [0.25, 0.3) is 0 Å². The molecule has 1 N–H and O–H groups in total. The van der Waals surface area contributed by atoms with Crippen LogP contribution < -0.4 is 5.32 Å². The Balaban J connectivity index is 2.15. The molecule has 0 spiro atoms. The first kappa shape index (κ1) is 14.2. The van der Waals surface area contributed by atoms with Gasteiger partial charge in [0.25, 0.3) is 0 Å². The summed E-state index contributed by atoms with van der Waals surface area (Å²) in [6.45, 7) is 4.52. The Kier molecular flexibility index (Phi) is 6.59. The van der Waals surface area contributed by atoms with Gasteiger partial charge in [-0.3, -0.25) is 4.21 Å². The molecule has 1 aliphatic rings. The van der Waals surface area contributed by atoms with E-state index in [1.807, 2.05) is 0 Å². The summed E-state index contributed by atoms with van der Waals surface area (Å²) in [6, 6.07) is 1.23. The van der Waals surface area contributed by atoms with Gasteiger partial charge < -0.3 is 5.32 Å². The summed E-state index contributed by atoms with van der Waals surface area (Å²) in [6.07, 6.45) is 9.62. The fourth-order valence-corrected chi connectivity index (χ4v) is 3.25. The second-order valence-corrected chi connectivity index (χ2v) is 6.81. The lowest BCUT2D eigenvalue weighted by molar-refractivity contribution is 0.271. The third-order valence-corrected chi connectivity index (χ3v) is 4.59. The highest BCUT2D eigenvalue weighted by Crippen LogP contribution is 2.26. The van der Waals surface area contributed by atoms with Gasteiger partial charge >= 0.3 is 0 Å². The van der Waals surface area contributed by atoms with Crippen LogP contribution in [0.4, 0.5) is 0 Å². The second-order valence-electron chi connectivity index (χ2n) is 5.26. The van der Waals surface area contributed by atoms with Gasteiger partial charge in [-0.05, 0) is 44.9 Å². The zero-order chi connectivity index (χ0) is 12.0. The number of hydrogen-bond donors (Lipinski definition) is 1. The fraction of sp³-hybridized carbons (Fsp3) is 1.00. The van der Waals surface area contributed by atoms with E-state index >= 15 is 0 Å². The second kappa shape index (κ2) is 7.44. The molecule has 2 nitrogen and oxygen atoms in total. The van der Waals surface area contributed by atoms with Gasteiger partial charge in [0.15, 0.2) is 0 Å². The lowest BCUT2D eigenvalue weighted by atomic mass is 9.84. The Labute approximate surface area is 103 Å². The molecule has 1 fully saturated rings. The van der Waals surface area contributed by atoms with E-state index in [-0.39, 0.29) is 0 Å². The molecule has 1 saturated carbocycles. The summed E-state index contributed by atoms with van der Waals surface area (Å²) < 4.78 is 11.0. The topological polar surface area (TPSA) is 29.1 Å². The molecule has 0 aromatic rings. The van der Waals surface area contributed by atoms with Gasteiger partial charge in [0.05, 0.1) is 0 Å². The Morgan fingerprint density at radius 2 is 1.94 bits per heavy atom. The van der Waals surface area contributed by atoms with Gasteiger partial charge in [0, 0.05) is 34.9 Å². The SMILES string of the molecule is CCC1CCC(NC(C)CCS(C)=O)CC1. The minimum absolute atomic E-state index is 0.520. The van der Waals surface area contributed by atoms with Crippen LogP contribution >= 0.6 is 0 Å². The van der Waals surface area contributed by atoms with Crippen molar-refractivity contribution in [3.63, 3.8) is 0 Å². The first-order valence-corrected chi connectivity index (χ1v) is 8.40. The van der Waals surface area contributed by atoms with Crippen LogP contribution in [0.3, 0.4) is 0 Å². The minimum Gasteiger partial charge on any atom is -0.311 e. The van der Waals surface area contributed by atoms with Crippen molar-refractivity contribution >= 4 is 10.8 Å². The van der Waals surface area contributed by atoms with Gasteiger partial charge in [-0.2, -0.15) is 0 Å². The number of rotatable bonds is 6. The molecule has 1 rings (SSSR count). The maximum absolute atomic E-state index is 11.0. The van der Waals surface area contributed by atoms with E-state index in [4.69, 9.17) is 0 Å². The quantitative estimate of drug-likeness (QED) is 0.779. The van der Waals surface area contributed by atoms with Crippen molar-refractivity contribution in [3.8, 4) is 0 Å². The lowest BCUT2D eigenvalue weighted by Crippen LogP contribution is -2.39. The van der Waals surface area contributed by atoms with Gasteiger partial charge in [0.1, 0.15) is 0 Å². The summed E-state index contributed by atoms with van der Waals surface area (Å²) in [5.41, 5.74) is 0. The highest BCUT2D eigenvalue weighted by atomic mass is 32.2. The van der Waals surface area contributed by atoms with Crippen molar-refractivity contribution in [1.82, 2.24) is 5.32 Å². The van der Waals surface area contributed by atoms with Crippen LogP contribution in [-0.4, -0.2) is 28.3 Å². The Hall–Kier alpha value is 0.110. The van der Waals surface area contributed by atoms with Crippen LogP contribution in [0.1, 0.15) is 52.4 Å². The van der Waals surface area contributed by atoms with E-state index in [1.54, 1.807) is 6.26 Å². The lowest BCUT2D eigenvalue weighted by Gasteiger charge is -2.30. The average Bonchev–Trinajstić information content (AvgIpc) is 2.27. The van der Waals surface area contributed by atoms with Crippen molar-refractivity contribution < 1.29 is 4.21 Å². The smallest absolute Gasteiger partial charge is 0.0246 e. The van der Waals surface area contributed by atoms with E-state index in [0.29, 0.717) is 12.1 Å². The molecule has 1 aliphatic carbocycles. The number of hydrogen-bond acceptors (Lipinski definition) is 2. The number of nitrogens with one attached hydrogen (secondary N) is 1. The van der Waals surface area contributed by atoms with E-state index < -0.39 is 10.8 Å². The van der Waals surface area contributed by atoms with E-state index in [0.717, 1.165) is 18.1 Å². The molecular weight excluding hydrogens is 218 g/mol. The van der Waals surface area contributed by atoms with Gasteiger partial charge in [-0.25, -0.2) is 0 Å². The average molecular weight is 245 g/mol. The van der Waals surface area contributed by atoms with Crippen LogP contribution in [0, 0.1) is 5.92 Å². The standard InChI is InChI=1S/C13H27NOS/c1-4-12-5-7-13(8-6-12)14-11(2)9-10-16(3)15/h11-14H,4-10H2,1-3H3. The van der Waals surface area contributed by atoms with Crippen molar-refractivity contribution in [3.05, 3.63) is 0 Å². The Bertz CT molecular complexity index is 212. The Morgan fingerprint density at radius 1 is 1.31 bits per heavy atom. The molecule has 0 aromatic carbocycles. The molecular formula is C13H27NOS. The highest BCUT2D eigenvalue weighted by Gasteiger charge is 2.20. The maximum atomic E-state index is 11.0. The highest BCUT2D eigenvalue weighted by molar-refractivity contribution is 7.84. The van der Waals surface area contributed by atoms with Gasteiger partial charge in [-0.1, -0.05) is 13.3 Å². The Morgan fingerprint density at radius 3 is 2.44 bits per heavy atom. The first-order chi connectivity index (χ1) is 7.61.